The number of benzene rings is 2. The number of halogens is 1. The van der Waals surface area contributed by atoms with E-state index in [1.165, 1.54) is 11.1 Å². The normalized spacial score (nSPS) is 11.0. The Morgan fingerprint density at radius 3 is 2.36 bits per heavy atom. The number of fused-ring (bicyclic) bond motifs is 1. The number of aromatic nitrogens is 2. The minimum atomic E-state index is 1.00. The van der Waals surface area contributed by atoms with Crippen molar-refractivity contribution in [2.45, 2.75) is 0 Å². The maximum absolute atomic E-state index is 4.85. The van der Waals surface area contributed by atoms with Gasteiger partial charge in [-0.3, -0.25) is 0 Å². The van der Waals surface area contributed by atoms with E-state index in [1.54, 1.807) is 0 Å². The van der Waals surface area contributed by atoms with Crippen LogP contribution >= 0.6 is 15.9 Å². The van der Waals surface area contributed by atoms with Crippen LogP contribution in [0.15, 0.2) is 83.5 Å². The van der Waals surface area contributed by atoms with Crippen LogP contribution in [0.5, 0.6) is 0 Å². The lowest BCUT2D eigenvalue weighted by Gasteiger charge is -2.13. The van der Waals surface area contributed by atoms with Crippen LogP contribution in [0.2, 0.25) is 0 Å². The Kier molecular flexibility index (Phi) is 3.28. The first kappa shape index (κ1) is 13.3. The molecule has 2 aromatic rings. The molecule has 0 unspecified atom stereocenters. The Balaban J connectivity index is 1.96. The zero-order chi connectivity index (χ0) is 14.9. The standard InChI is InChI=1S/C19H13BrN2/c20-16-9-5-10-17(12-16)22-13-15-8-4-11-18(15)19(21-22)14-6-2-1-3-7-14/h1-13H. The Morgan fingerprint density at radius 2 is 1.55 bits per heavy atom. The molecule has 22 heavy (non-hydrogen) atoms. The quantitative estimate of drug-likeness (QED) is 0.473. The van der Waals surface area contributed by atoms with E-state index in [1.807, 2.05) is 35.0 Å². The fraction of sp³-hybridized carbons (Fsp3) is 0. The average molecular weight is 349 g/mol. The molecular weight excluding hydrogens is 336 g/mol. The van der Waals surface area contributed by atoms with Gasteiger partial charge in [0.15, 0.2) is 0 Å². The zero-order valence-corrected chi connectivity index (χ0v) is 13.4. The van der Waals surface area contributed by atoms with Crippen LogP contribution in [0.4, 0.5) is 0 Å². The van der Waals surface area contributed by atoms with E-state index in [4.69, 9.17) is 5.10 Å². The molecule has 1 heterocycles. The molecule has 3 heteroatoms. The van der Waals surface area contributed by atoms with Gasteiger partial charge < -0.3 is 0 Å². The summed E-state index contributed by atoms with van der Waals surface area (Å²) in [7, 11) is 0. The van der Waals surface area contributed by atoms with Crippen molar-refractivity contribution in [1.82, 2.24) is 9.78 Å². The monoisotopic (exact) mass is 348 g/mol. The summed E-state index contributed by atoms with van der Waals surface area (Å²) < 4.78 is 2.98. The summed E-state index contributed by atoms with van der Waals surface area (Å²) in [6.45, 7) is 0. The van der Waals surface area contributed by atoms with Crippen molar-refractivity contribution in [3.05, 3.63) is 83.5 Å². The van der Waals surface area contributed by atoms with Crippen LogP contribution in [0.1, 0.15) is 0 Å². The second kappa shape index (κ2) is 5.43. The third kappa shape index (κ3) is 2.34. The topological polar surface area (TPSA) is 17.8 Å². The highest BCUT2D eigenvalue weighted by atomic mass is 79.9. The summed E-state index contributed by atoms with van der Waals surface area (Å²) >= 11 is 3.52. The summed E-state index contributed by atoms with van der Waals surface area (Å²) in [5.41, 5.74) is 5.53. The lowest BCUT2D eigenvalue weighted by atomic mass is 10.0. The average Bonchev–Trinajstić information content (AvgIpc) is 3.03. The largest absolute Gasteiger partial charge is 0.240 e. The highest BCUT2D eigenvalue weighted by Crippen LogP contribution is 2.33. The van der Waals surface area contributed by atoms with Gasteiger partial charge in [0.2, 0.25) is 0 Å². The van der Waals surface area contributed by atoms with E-state index < -0.39 is 0 Å². The van der Waals surface area contributed by atoms with Crippen LogP contribution in [0.25, 0.3) is 28.1 Å². The minimum absolute atomic E-state index is 1.00. The number of rotatable bonds is 2. The molecule has 2 aliphatic rings. The van der Waals surface area contributed by atoms with E-state index in [2.05, 4.69) is 64.6 Å². The number of nitrogens with zero attached hydrogens (tertiary/aromatic N) is 2. The van der Waals surface area contributed by atoms with Gasteiger partial charge in [0, 0.05) is 27.4 Å². The first-order chi connectivity index (χ1) is 10.8. The van der Waals surface area contributed by atoms with Gasteiger partial charge in [0.25, 0.3) is 0 Å². The molecule has 0 bridgehead atoms. The van der Waals surface area contributed by atoms with Gasteiger partial charge >= 0.3 is 0 Å². The maximum Gasteiger partial charge on any atom is 0.0991 e. The first-order valence-electron chi connectivity index (χ1n) is 7.11. The Hall–Kier alpha value is -2.39. The Morgan fingerprint density at radius 1 is 0.773 bits per heavy atom. The third-order valence-corrected chi connectivity index (χ3v) is 4.19. The van der Waals surface area contributed by atoms with Crippen LogP contribution < -0.4 is 0 Å². The highest BCUT2D eigenvalue weighted by Gasteiger charge is 2.13. The Labute approximate surface area is 137 Å². The molecule has 4 rings (SSSR count). The summed E-state index contributed by atoms with van der Waals surface area (Å²) in [6.07, 6.45) is 2.07. The summed E-state index contributed by atoms with van der Waals surface area (Å²) in [5, 5.41) is 4.85. The van der Waals surface area contributed by atoms with Crippen molar-refractivity contribution in [1.29, 1.82) is 0 Å². The minimum Gasteiger partial charge on any atom is -0.240 e. The molecular formula is C19H13BrN2. The van der Waals surface area contributed by atoms with Crippen LogP contribution in [-0.4, -0.2) is 9.78 Å². The molecule has 0 fully saturated rings. The van der Waals surface area contributed by atoms with Crippen molar-refractivity contribution in [2.75, 3.05) is 0 Å². The summed E-state index contributed by atoms with van der Waals surface area (Å²) in [6, 6.07) is 24.8. The van der Waals surface area contributed by atoms with Crippen molar-refractivity contribution < 1.29 is 0 Å². The zero-order valence-electron chi connectivity index (χ0n) is 11.8. The first-order valence-corrected chi connectivity index (χ1v) is 7.90. The Bertz CT molecular complexity index is 896. The maximum atomic E-state index is 4.85. The molecule has 0 N–H and O–H groups in total. The van der Waals surface area contributed by atoms with E-state index in [0.717, 1.165) is 21.4 Å². The van der Waals surface area contributed by atoms with Crippen LogP contribution in [-0.2, 0) is 0 Å². The molecule has 2 aromatic carbocycles. The smallest absolute Gasteiger partial charge is 0.0991 e. The summed E-state index contributed by atoms with van der Waals surface area (Å²) in [5.74, 6) is 0. The molecule has 2 nitrogen and oxygen atoms in total. The van der Waals surface area contributed by atoms with Gasteiger partial charge in [-0.25, -0.2) is 4.68 Å². The van der Waals surface area contributed by atoms with E-state index >= 15 is 0 Å². The van der Waals surface area contributed by atoms with Gasteiger partial charge in [0.1, 0.15) is 0 Å². The molecule has 106 valence electrons. The fourth-order valence-corrected chi connectivity index (χ4v) is 3.03. The lowest BCUT2D eigenvalue weighted by Crippen LogP contribution is -2.04. The van der Waals surface area contributed by atoms with E-state index in [9.17, 15) is 0 Å². The van der Waals surface area contributed by atoms with Gasteiger partial charge in [-0.1, -0.05) is 70.5 Å². The van der Waals surface area contributed by atoms with Crippen molar-refractivity contribution in [3.8, 4) is 28.1 Å². The second-order valence-corrected chi connectivity index (χ2v) is 6.08. The van der Waals surface area contributed by atoms with Gasteiger partial charge in [-0.05, 0) is 18.2 Å². The number of hydrogen-bond donors (Lipinski definition) is 0. The van der Waals surface area contributed by atoms with Crippen molar-refractivity contribution in [2.24, 2.45) is 0 Å². The van der Waals surface area contributed by atoms with Crippen LogP contribution in [0.3, 0.4) is 0 Å². The third-order valence-electron chi connectivity index (χ3n) is 3.69. The van der Waals surface area contributed by atoms with Crippen LogP contribution in [0, 0.1) is 0 Å². The summed E-state index contributed by atoms with van der Waals surface area (Å²) in [4.78, 5) is 0. The molecule has 0 amide bonds. The predicted octanol–water partition coefficient (Wildman–Crippen LogP) is 5.41. The van der Waals surface area contributed by atoms with Gasteiger partial charge in [-0.15, -0.1) is 0 Å². The SMILES string of the molecule is Brc1cccc(-n2cc3cccc-3c(-c3ccccc3)n2)c1. The van der Waals surface area contributed by atoms with E-state index in [0.29, 0.717) is 0 Å². The van der Waals surface area contributed by atoms with Crippen molar-refractivity contribution in [3.63, 3.8) is 0 Å². The molecule has 0 atom stereocenters. The molecule has 0 spiro atoms. The molecule has 0 aromatic heterocycles. The van der Waals surface area contributed by atoms with Gasteiger partial charge in [-0.2, -0.15) is 5.10 Å². The molecule has 0 saturated carbocycles. The van der Waals surface area contributed by atoms with E-state index in [-0.39, 0.29) is 0 Å². The molecule has 1 aliphatic heterocycles. The predicted molar refractivity (Wildman–Crippen MR) is 93.3 cm³/mol. The number of hydrogen-bond acceptors (Lipinski definition) is 1. The lowest BCUT2D eigenvalue weighted by molar-refractivity contribution is 0.850. The molecule has 0 radical (unpaired) electrons. The van der Waals surface area contributed by atoms with Crippen molar-refractivity contribution >= 4 is 15.9 Å². The second-order valence-electron chi connectivity index (χ2n) is 5.16. The fourth-order valence-electron chi connectivity index (χ4n) is 2.64. The molecule has 0 saturated heterocycles. The highest BCUT2D eigenvalue weighted by molar-refractivity contribution is 9.10. The van der Waals surface area contributed by atoms with Gasteiger partial charge in [0.05, 0.1) is 11.4 Å². The molecule has 1 aliphatic carbocycles.